The first-order valence-electron chi connectivity index (χ1n) is 3.20. The van der Waals surface area contributed by atoms with Crippen LogP contribution in [0.15, 0.2) is 24.3 Å². The number of rotatable bonds is 0. The van der Waals surface area contributed by atoms with Gasteiger partial charge in [-0.1, -0.05) is 35.4 Å². The van der Waals surface area contributed by atoms with Crippen LogP contribution in [0.25, 0.3) is 0 Å². The van der Waals surface area contributed by atoms with Gasteiger partial charge in [-0.05, 0) is 13.8 Å². The molecule has 1 aromatic rings. The number of halogens is 2. The van der Waals surface area contributed by atoms with E-state index in [0.717, 1.165) is 0 Å². The second-order valence-corrected chi connectivity index (χ2v) is 7.80. The summed E-state index contributed by atoms with van der Waals surface area (Å²) in [6, 6.07) is 8.45. The van der Waals surface area contributed by atoms with Gasteiger partial charge < -0.3 is 6.15 Å². The molecule has 1 rings (SSSR count). The zero-order valence-corrected chi connectivity index (χ0v) is 12.7. The van der Waals surface area contributed by atoms with Crippen molar-refractivity contribution in [3.63, 3.8) is 0 Å². The topological polar surface area (TPSA) is 35.0 Å². The van der Waals surface area contributed by atoms with Crippen LogP contribution in [0.5, 0.6) is 0 Å². The van der Waals surface area contributed by atoms with Gasteiger partial charge in [-0.15, -0.1) is 0 Å². The van der Waals surface area contributed by atoms with Crippen LogP contribution < -0.4 is 6.15 Å². The molecule has 0 bridgehead atoms. The summed E-state index contributed by atoms with van der Waals surface area (Å²) in [5.41, 5.74) is 2.68. The monoisotopic (exact) mass is 401 g/mol. The van der Waals surface area contributed by atoms with Gasteiger partial charge in [0.2, 0.25) is 0 Å². The molecule has 12 heavy (non-hydrogen) atoms. The second kappa shape index (κ2) is 9.77. The summed E-state index contributed by atoms with van der Waals surface area (Å²) in [5, 5.41) is 0. The van der Waals surface area contributed by atoms with Crippen LogP contribution in [0, 0.1) is 13.8 Å². The predicted molar refractivity (Wildman–Crippen MR) is 58.4 cm³/mol. The minimum absolute atomic E-state index is 0. The zero-order valence-electron chi connectivity index (χ0n) is 7.27. The van der Waals surface area contributed by atoms with Crippen molar-refractivity contribution in [1.82, 2.24) is 6.15 Å². The normalized spacial score (nSPS) is 7.67. The first kappa shape index (κ1) is 15.2. The summed E-state index contributed by atoms with van der Waals surface area (Å²) in [5.74, 6) is 0. The van der Waals surface area contributed by atoms with Gasteiger partial charge in [-0.25, -0.2) is 0 Å². The van der Waals surface area contributed by atoms with E-state index in [9.17, 15) is 0 Å². The number of hydrogen-bond acceptors (Lipinski definition) is 1. The molecule has 0 atom stereocenters. The van der Waals surface area contributed by atoms with Gasteiger partial charge in [0.05, 0.1) is 0 Å². The van der Waals surface area contributed by atoms with Gasteiger partial charge in [-0.2, -0.15) is 0 Å². The molecule has 4 heteroatoms. The summed E-state index contributed by atoms with van der Waals surface area (Å²) in [7, 11) is 9.92. The molecule has 0 aliphatic carbocycles. The number of hydrogen-bond donors (Lipinski definition) is 1. The van der Waals surface area contributed by atoms with Crippen LogP contribution in [0.3, 0.4) is 0 Å². The van der Waals surface area contributed by atoms with Crippen LogP contribution in [-0.4, -0.2) is 21.8 Å². The maximum absolute atomic E-state index is 4.96. The quantitative estimate of drug-likeness (QED) is 0.664. The van der Waals surface area contributed by atoms with Gasteiger partial charge >= 0.3 is 38.4 Å². The van der Waals surface area contributed by atoms with E-state index in [1.807, 2.05) is 0 Å². The Morgan fingerprint density at radius 3 is 1.58 bits per heavy atom. The molecular formula is C8H13Cl2NPb. The molecule has 0 amide bonds. The molecule has 0 saturated carbocycles. The predicted octanol–water partition coefficient (Wildman–Crippen LogP) is 3.46. The fourth-order valence-electron chi connectivity index (χ4n) is 0.807. The summed E-state index contributed by atoms with van der Waals surface area (Å²) in [6.07, 6.45) is 0. The Balaban J connectivity index is 0. The summed E-state index contributed by atoms with van der Waals surface area (Å²) >= 11 is -0.972. The summed E-state index contributed by atoms with van der Waals surface area (Å²) in [6.45, 7) is 4.21. The van der Waals surface area contributed by atoms with E-state index in [1.54, 1.807) is 0 Å². The Labute approximate surface area is 93.2 Å². The van der Waals surface area contributed by atoms with Crippen molar-refractivity contribution in [2.24, 2.45) is 0 Å². The van der Waals surface area contributed by atoms with Gasteiger partial charge in [0.15, 0.2) is 0 Å². The van der Waals surface area contributed by atoms with Crippen molar-refractivity contribution < 1.29 is 0 Å². The van der Waals surface area contributed by atoms with Gasteiger partial charge in [0, 0.05) is 0 Å². The van der Waals surface area contributed by atoms with Crippen molar-refractivity contribution in [2.45, 2.75) is 13.8 Å². The number of aryl methyl sites for hydroxylation is 2. The van der Waals surface area contributed by atoms with Gasteiger partial charge in [-0.3, -0.25) is 0 Å². The summed E-state index contributed by atoms with van der Waals surface area (Å²) < 4.78 is 0. The standard InChI is InChI=1S/C8H10.2ClH.H3N.Pb/c1-7-4-3-5-8(2)6-7;;;;/h3-6H,1-2H3;2*1H;1H3;/q;;;;+2/p-2. The third-order valence-corrected chi connectivity index (χ3v) is 1.17. The molecule has 68 valence electrons. The van der Waals surface area contributed by atoms with E-state index in [1.165, 1.54) is 11.1 Å². The second-order valence-electron chi connectivity index (χ2n) is 2.23. The molecule has 0 aliphatic heterocycles. The SMILES string of the molecule is Cc1cccc(C)c1.N.[Cl][Pb][Cl]. The molecule has 0 aromatic heterocycles. The first-order valence-corrected chi connectivity index (χ1v) is 12.8. The minimum atomic E-state index is -0.972. The van der Waals surface area contributed by atoms with Crippen molar-refractivity contribution >= 4 is 38.4 Å². The van der Waals surface area contributed by atoms with Crippen molar-refractivity contribution in [3.05, 3.63) is 35.4 Å². The van der Waals surface area contributed by atoms with Crippen LogP contribution >= 0.6 is 16.6 Å². The maximum atomic E-state index is 4.96. The first-order chi connectivity index (χ1) is 5.20. The molecule has 1 nitrogen and oxygen atoms in total. The van der Waals surface area contributed by atoms with Crippen molar-refractivity contribution in [1.29, 1.82) is 0 Å². The average Bonchev–Trinajstić information content (AvgIpc) is 1.88. The zero-order chi connectivity index (χ0) is 8.69. The molecule has 0 saturated heterocycles. The molecule has 0 aliphatic rings. The third kappa shape index (κ3) is 8.78. The van der Waals surface area contributed by atoms with Crippen molar-refractivity contribution in [3.8, 4) is 0 Å². The Morgan fingerprint density at radius 2 is 1.42 bits per heavy atom. The molecule has 3 N–H and O–H groups in total. The van der Waals surface area contributed by atoms with E-state index in [-0.39, 0.29) is 6.15 Å². The van der Waals surface area contributed by atoms with Crippen LogP contribution in [0.2, 0.25) is 0 Å². The fourth-order valence-corrected chi connectivity index (χ4v) is 0.807. The number of benzene rings is 1. The molecule has 1 aromatic carbocycles. The average molecular weight is 401 g/mol. The van der Waals surface area contributed by atoms with Crippen LogP contribution in [-0.2, 0) is 0 Å². The Morgan fingerprint density at radius 1 is 1.08 bits per heavy atom. The molecule has 2 radical (unpaired) electrons. The summed E-state index contributed by atoms with van der Waals surface area (Å²) in [4.78, 5) is 0. The van der Waals surface area contributed by atoms with E-state index in [4.69, 9.17) is 16.6 Å². The van der Waals surface area contributed by atoms with Gasteiger partial charge in [0.1, 0.15) is 0 Å². The fraction of sp³-hybridized carbons (Fsp3) is 0.250. The van der Waals surface area contributed by atoms with Crippen LogP contribution in [0.1, 0.15) is 11.1 Å². The van der Waals surface area contributed by atoms with Crippen molar-refractivity contribution in [2.75, 3.05) is 0 Å². The molecule has 0 unspecified atom stereocenters. The molecule has 0 spiro atoms. The third-order valence-electron chi connectivity index (χ3n) is 1.17. The van der Waals surface area contributed by atoms with E-state index in [0.29, 0.717) is 0 Å². The molecule has 0 fully saturated rings. The van der Waals surface area contributed by atoms with E-state index < -0.39 is 21.8 Å². The molecular weight excluding hydrogens is 388 g/mol. The Bertz CT molecular complexity index is 189. The van der Waals surface area contributed by atoms with E-state index >= 15 is 0 Å². The van der Waals surface area contributed by atoms with Crippen LogP contribution in [0.4, 0.5) is 0 Å². The molecule has 0 heterocycles. The Kier molecular flexibility index (Phi) is 12.3. The van der Waals surface area contributed by atoms with E-state index in [2.05, 4.69) is 38.1 Å². The Hall–Kier alpha value is 0.682. The van der Waals surface area contributed by atoms with Gasteiger partial charge in [0.25, 0.3) is 0 Å².